The standard InChI is InChI=1S/C15H26N4/c1-11-9-15(2,3)10-12(11)16-7-6-14-18-17-13-5-4-8-19(13)14/h11-12,16H,4-10H2,1-3H3/t11-,12+/m1/s1. The molecule has 1 aliphatic carbocycles. The summed E-state index contributed by atoms with van der Waals surface area (Å²) >= 11 is 0. The van der Waals surface area contributed by atoms with Crippen LogP contribution in [0.3, 0.4) is 0 Å². The zero-order valence-corrected chi connectivity index (χ0v) is 12.4. The molecule has 0 saturated heterocycles. The van der Waals surface area contributed by atoms with Crippen molar-refractivity contribution in [3.8, 4) is 0 Å². The van der Waals surface area contributed by atoms with Gasteiger partial charge in [-0.2, -0.15) is 0 Å². The molecule has 0 aromatic carbocycles. The second-order valence-electron chi connectivity index (χ2n) is 7.15. The molecule has 0 amide bonds. The lowest BCUT2D eigenvalue weighted by Crippen LogP contribution is -2.33. The zero-order chi connectivity index (χ0) is 13.5. The normalized spacial score (nSPS) is 28.8. The van der Waals surface area contributed by atoms with Gasteiger partial charge in [-0.05, 0) is 30.6 Å². The van der Waals surface area contributed by atoms with Crippen molar-refractivity contribution < 1.29 is 0 Å². The van der Waals surface area contributed by atoms with Crippen molar-refractivity contribution in [1.29, 1.82) is 0 Å². The Bertz CT molecular complexity index is 449. The number of aryl methyl sites for hydroxylation is 1. The number of nitrogens with one attached hydrogen (secondary N) is 1. The summed E-state index contributed by atoms with van der Waals surface area (Å²) in [6, 6.07) is 0.677. The van der Waals surface area contributed by atoms with Gasteiger partial charge in [0.15, 0.2) is 0 Å². The van der Waals surface area contributed by atoms with Gasteiger partial charge >= 0.3 is 0 Å². The van der Waals surface area contributed by atoms with Gasteiger partial charge in [0.25, 0.3) is 0 Å². The Morgan fingerprint density at radius 1 is 1.32 bits per heavy atom. The second kappa shape index (κ2) is 4.89. The van der Waals surface area contributed by atoms with E-state index in [1.54, 1.807) is 0 Å². The highest BCUT2D eigenvalue weighted by atomic mass is 15.3. The molecule has 1 aromatic heterocycles. The van der Waals surface area contributed by atoms with Gasteiger partial charge in [-0.3, -0.25) is 0 Å². The number of hydrogen-bond donors (Lipinski definition) is 1. The Morgan fingerprint density at radius 3 is 2.89 bits per heavy atom. The quantitative estimate of drug-likeness (QED) is 0.904. The van der Waals surface area contributed by atoms with Crippen LogP contribution in [0.5, 0.6) is 0 Å². The molecular weight excluding hydrogens is 236 g/mol. The van der Waals surface area contributed by atoms with Gasteiger partial charge in [0.2, 0.25) is 0 Å². The second-order valence-corrected chi connectivity index (χ2v) is 7.15. The monoisotopic (exact) mass is 262 g/mol. The maximum atomic E-state index is 4.32. The van der Waals surface area contributed by atoms with E-state index in [2.05, 4.69) is 40.9 Å². The maximum absolute atomic E-state index is 4.32. The molecule has 1 N–H and O–H groups in total. The van der Waals surface area contributed by atoms with Crippen LogP contribution in [-0.4, -0.2) is 27.4 Å². The highest BCUT2D eigenvalue weighted by Crippen LogP contribution is 2.40. The van der Waals surface area contributed by atoms with E-state index < -0.39 is 0 Å². The van der Waals surface area contributed by atoms with E-state index >= 15 is 0 Å². The summed E-state index contributed by atoms with van der Waals surface area (Å²) in [6.45, 7) is 9.29. The molecule has 1 aromatic rings. The van der Waals surface area contributed by atoms with Crippen molar-refractivity contribution >= 4 is 0 Å². The Hall–Kier alpha value is -0.900. The third-order valence-corrected chi connectivity index (χ3v) is 4.78. The minimum Gasteiger partial charge on any atom is -0.315 e. The van der Waals surface area contributed by atoms with Crippen molar-refractivity contribution in [2.75, 3.05) is 6.54 Å². The minimum atomic E-state index is 0.507. The Kier molecular flexibility index (Phi) is 3.37. The van der Waals surface area contributed by atoms with Crippen molar-refractivity contribution in [2.24, 2.45) is 11.3 Å². The summed E-state index contributed by atoms with van der Waals surface area (Å²) < 4.78 is 2.31. The van der Waals surface area contributed by atoms with Gasteiger partial charge in [-0.15, -0.1) is 10.2 Å². The SMILES string of the molecule is C[C@@H]1CC(C)(C)C[C@@H]1NCCc1nnc2n1CCC2. The molecule has 4 heteroatoms. The van der Waals surface area contributed by atoms with Crippen LogP contribution in [0.2, 0.25) is 0 Å². The number of fused-ring (bicyclic) bond motifs is 1. The Balaban J connectivity index is 1.51. The molecule has 1 fully saturated rings. The lowest BCUT2D eigenvalue weighted by atomic mass is 9.91. The number of nitrogens with zero attached hydrogens (tertiary/aromatic N) is 3. The van der Waals surface area contributed by atoms with Gasteiger partial charge in [-0.1, -0.05) is 20.8 Å². The minimum absolute atomic E-state index is 0.507. The summed E-state index contributed by atoms with van der Waals surface area (Å²) in [5, 5.41) is 12.3. The molecule has 4 nitrogen and oxygen atoms in total. The van der Waals surface area contributed by atoms with Crippen molar-refractivity contribution in [3.05, 3.63) is 11.6 Å². The first kappa shape index (κ1) is 13.1. The van der Waals surface area contributed by atoms with Gasteiger partial charge < -0.3 is 9.88 Å². The predicted molar refractivity (Wildman–Crippen MR) is 76.0 cm³/mol. The van der Waals surface area contributed by atoms with Crippen LogP contribution in [0, 0.1) is 11.3 Å². The van der Waals surface area contributed by atoms with Crippen LogP contribution in [0.4, 0.5) is 0 Å². The first-order chi connectivity index (χ1) is 9.05. The number of rotatable bonds is 4. The molecule has 3 rings (SSSR count). The molecule has 0 bridgehead atoms. The molecule has 2 atom stereocenters. The van der Waals surface area contributed by atoms with E-state index in [1.807, 2.05) is 0 Å². The van der Waals surface area contributed by atoms with Crippen molar-refractivity contribution in [3.63, 3.8) is 0 Å². The first-order valence-corrected chi connectivity index (χ1v) is 7.69. The van der Waals surface area contributed by atoms with Crippen LogP contribution in [-0.2, 0) is 19.4 Å². The first-order valence-electron chi connectivity index (χ1n) is 7.69. The summed E-state index contributed by atoms with van der Waals surface area (Å²) in [4.78, 5) is 0. The maximum Gasteiger partial charge on any atom is 0.134 e. The molecule has 0 unspecified atom stereocenters. The topological polar surface area (TPSA) is 42.7 Å². The van der Waals surface area contributed by atoms with Gasteiger partial charge in [-0.25, -0.2) is 0 Å². The highest BCUT2D eigenvalue weighted by Gasteiger charge is 2.36. The van der Waals surface area contributed by atoms with Crippen LogP contribution in [0.25, 0.3) is 0 Å². The zero-order valence-electron chi connectivity index (χ0n) is 12.4. The molecular formula is C15H26N4. The Morgan fingerprint density at radius 2 is 2.16 bits per heavy atom. The molecule has 2 aliphatic rings. The molecule has 0 radical (unpaired) electrons. The van der Waals surface area contributed by atoms with E-state index in [1.165, 1.54) is 30.9 Å². The van der Waals surface area contributed by atoms with Crippen molar-refractivity contribution in [1.82, 2.24) is 20.1 Å². The smallest absolute Gasteiger partial charge is 0.134 e. The number of aromatic nitrogens is 3. The molecule has 1 aliphatic heterocycles. The summed E-state index contributed by atoms with van der Waals surface area (Å²) in [7, 11) is 0. The molecule has 2 heterocycles. The highest BCUT2D eigenvalue weighted by molar-refractivity contribution is 5.01. The van der Waals surface area contributed by atoms with Crippen LogP contribution in [0.15, 0.2) is 0 Å². The van der Waals surface area contributed by atoms with Crippen molar-refractivity contribution in [2.45, 2.75) is 65.5 Å². The lowest BCUT2D eigenvalue weighted by molar-refractivity contribution is 0.362. The summed E-state index contributed by atoms with van der Waals surface area (Å²) in [5.74, 6) is 3.15. The fourth-order valence-electron chi connectivity index (χ4n) is 3.93. The lowest BCUT2D eigenvalue weighted by Gasteiger charge is -2.18. The van der Waals surface area contributed by atoms with Crippen LogP contribution < -0.4 is 5.32 Å². The third kappa shape index (κ3) is 2.69. The third-order valence-electron chi connectivity index (χ3n) is 4.78. The molecule has 1 saturated carbocycles. The van der Waals surface area contributed by atoms with E-state index in [9.17, 15) is 0 Å². The number of hydrogen-bond acceptors (Lipinski definition) is 3. The molecule has 19 heavy (non-hydrogen) atoms. The van der Waals surface area contributed by atoms with Gasteiger partial charge in [0.1, 0.15) is 11.6 Å². The Labute approximate surface area is 116 Å². The van der Waals surface area contributed by atoms with Crippen LogP contribution >= 0.6 is 0 Å². The average molecular weight is 262 g/mol. The van der Waals surface area contributed by atoms with Crippen LogP contribution in [0.1, 0.15) is 51.7 Å². The van der Waals surface area contributed by atoms with E-state index in [0.29, 0.717) is 11.5 Å². The van der Waals surface area contributed by atoms with E-state index in [-0.39, 0.29) is 0 Å². The summed E-state index contributed by atoms with van der Waals surface area (Å²) in [6.07, 6.45) is 5.99. The average Bonchev–Trinajstić information content (AvgIpc) is 2.95. The fourth-order valence-corrected chi connectivity index (χ4v) is 3.93. The van der Waals surface area contributed by atoms with Gasteiger partial charge in [0, 0.05) is 32.0 Å². The van der Waals surface area contributed by atoms with Gasteiger partial charge in [0.05, 0.1) is 0 Å². The summed E-state index contributed by atoms with van der Waals surface area (Å²) in [5.41, 5.74) is 0.507. The molecule has 0 spiro atoms. The molecule has 106 valence electrons. The largest absolute Gasteiger partial charge is 0.315 e. The van der Waals surface area contributed by atoms with E-state index in [4.69, 9.17) is 0 Å². The fraction of sp³-hybridized carbons (Fsp3) is 0.867. The van der Waals surface area contributed by atoms with E-state index in [0.717, 1.165) is 31.8 Å². The predicted octanol–water partition coefficient (Wildman–Crippen LogP) is 2.18.